The Morgan fingerprint density at radius 1 is 0.878 bits per heavy atom. The average molecular weight is 643 g/mol. The number of nitrogens with one attached hydrogen (secondary N) is 1. The number of ketones is 2. The maximum absolute atomic E-state index is 15.2. The minimum Gasteiger partial charge on any atom is -0.326 e. The van der Waals surface area contributed by atoms with E-state index in [9.17, 15) is 23.2 Å². The van der Waals surface area contributed by atoms with Crippen molar-refractivity contribution < 1.29 is 27.6 Å². The van der Waals surface area contributed by atoms with Gasteiger partial charge in [-0.1, -0.05) is 35.3 Å². The molecule has 11 heteroatoms. The second-order valence-corrected chi connectivity index (χ2v) is 12.7. The Balaban J connectivity index is 1.30. The maximum Gasteiger partial charge on any atom is 0.231 e. The van der Waals surface area contributed by atoms with Crippen LogP contribution in [0.2, 0.25) is 10.0 Å². The van der Waals surface area contributed by atoms with Crippen molar-refractivity contribution in [2.75, 3.05) is 5.32 Å². The van der Waals surface area contributed by atoms with Crippen LogP contribution in [-0.4, -0.2) is 21.8 Å². The molecule has 4 nitrogen and oxygen atoms in total. The number of hydrogen-bond donors (Lipinski definition) is 1. The van der Waals surface area contributed by atoms with Gasteiger partial charge in [-0.15, -0.1) is 23.2 Å². The van der Waals surface area contributed by atoms with Gasteiger partial charge in [-0.05, 0) is 66.3 Å². The topological polar surface area (TPSA) is 63.2 Å². The molecule has 3 aromatic rings. The molecule has 0 radical (unpaired) electrons. The van der Waals surface area contributed by atoms with Gasteiger partial charge in [0.05, 0.1) is 16.0 Å². The van der Waals surface area contributed by atoms with Crippen LogP contribution in [0.5, 0.6) is 0 Å². The largest absolute Gasteiger partial charge is 0.326 e. The number of carbonyl (C=O) groups is 3. The van der Waals surface area contributed by atoms with E-state index in [0.717, 1.165) is 31.0 Å². The first-order valence-electron chi connectivity index (χ1n) is 12.8. The van der Waals surface area contributed by atoms with Crippen molar-refractivity contribution in [1.29, 1.82) is 0 Å². The van der Waals surface area contributed by atoms with Crippen molar-refractivity contribution in [1.82, 2.24) is 0 Å². The third kappa shape index (κ3) is 6.43. The molecule has 0 unspecified atom stereocenters. The predicted molar refractivity (Wildman–Crippen MR) is 153 cm³/mol. The Labute approximate surface area is 254 Å². The van der Waals surface area contributed by atoms with E-state index in [1.807, 2.05) is 0 Å². The number of halogens is 7. The molecule has 2 fully saturated rings. The van der Waals surface area contributed by atoms with Crippen molar-refractivity contribution in [3.63, 3.8) is 0 Å². The third-order valence-electron chi connectivity index (χ3n) is 7.38. The molecule has 0 saturated heterocycles. The first-order chi connectivity index (χ1) is 19.4. The van der Waals surface area contributed by atoms with Crippen molar-refractivity contribution in [3.05, 3.63) is 98.3 Å². The molecule has 2 aliphatic rings. The Morgan fingerprint density at radius 3 is 2.27 bits per heavy atom. The highest BCUT2D eigenvalue weighted by Gasteiger charge is 2.67. The van der Waals surface area contributed by atoms with Crippen LogP contribution in [0.15, 0.2) is 48.5 Å². The van der Waals surface area contributed by atoms with E-state index in [1.165, 1.54) is 30.3 Å². The van der Waals surface area contributed by atoms with Crippen LogP contribution in [0.4, 0.5) is 18.9 Å². The van der Waals surface area contributed by atoms with E-state index in [-0.39, 0.29) is 57.0 Å². The van der Waals surface area contributed by atoms with E-state index in [0.29, 0.717) is 5.56 Å². The van der Waals surface area contributed by atoms with E-state index >= 15 is 4.39 Å². The summed E-state index contributed by atoms with van der Waals surface area (Å²) in [7, 11) is 0. The lowest BCUT2D eigenvalue weighted by molar-refractivity contribution is -0.119. The van der Waals surface area contributed by atoms with Crippen molar-refractivity contribution in [2.45, 2.75) is 42.4 Å². The van der Waals surface area contributed by atoms with Gasteiger partial charge in [-0.3, -0.25) is 14.4 Å². The van der Waals surface area contributed by atoms with Crippen LogP contribution >= 0.6 is 46.4 Å². The fourth-order valence-corrected chi connectivity index (χ4v) is 6.18. The number of hydrogen-bond acceptors (Lipinski definition) is 3. The lowest BCUT2D eigenvalue weighted by Gasteiger charge is -2.11. The minimum atomic E-state index is -1.46. The second kappa shape index (κ2) is 11.6. The van der Waals surface area contributed by atoms with Crippen LogP contribution < -0.4 is 5.32 Å². The highest BCUT2D eigenvalue weighted by atomic mass is 35.5. The SMILES string of the molecule is O=C(Cc1c(F)ccc(CC(=O)c2cc(NC(=O)[C@H]3[C@H](c4ccc(F)c(Cl)c4)C3(Cl)Cl)ccc2Cl)c1F)CC1CC1. The van der Waals surface area contributed by atoms with Crippen molar-refractivity contribution in [3.8, 4) is 0 Å². The summed E-state index contributed by atoms with van der Waals surface area (Å²) in [6, 6.07) is 10.4. The standard InChI is InChI=1S/C30H22Cl4F3NO3/c31-21-6-5-17(38-29(41)27-26(30(27,33)34)15-3-8-24(36)22(32)10-15)12-19(21)25(40)11-16-4-7-23(35)20(28(16)37)13-18(39)9-14-1-2-14/h3-8,10,12,14,26-27H,1-2,9,11,13H2,(H,38,41)/t26-,27+/m0/s1. The molecular formula is C30H22Cl4F3NO3. The number of benzene rings is 3. The second-order valence-electron chi connectivity index (χ2n) is 10.4. The molecule has 2 atom stereocenters. The summed E-state index contributed by atoms with van der Waals surface area (Å²) in [6.07, 6.45) is 1.33. The van der Waals surface area contributed by atoms with E-state index in [4.69, 9.17) is 46.4 Å². The molecule has 1 amide bonds. The van der Waals surface area contributed by atoms with Gasteiger partial charge < -0.3 is 5.32 Å². The lowest BCUT2D eigenvalue weighted by atomic mass is 9.97. The zero-order valence-corrected chi connectivity index (χ0v) is 24.3. The molecule has 214 valence electrons. The zero-order valence-electron chi connectivity index (χ0n) is 21.3. The van der Waals surface area contributed by atoms with Gasteiger partial charge in [0.15, 0.2) is 5.78 Å². The summed E-state index contributed by atoms with van der Waals surface area (Å²) >= 11 is 24.8. The van der Waals surface area contributed by atoms with Crippen molar-refractivity contribution >= 4 is 69.6 Å². The summed E-state index contributed by atoms with van der Waals surface area (Å²) in [5, 5.41) is 2.58. The highest BCUT2D eigenvalue weighted by molar-refractivity contribution is 6.53. The molecule has 0 heterocycles. The zero-order chi connectivity index (χ0) is 29.6. The molecule has 3 aromatic carbocycles. The van der Waals surface area contributed by atoms with Crippen LogP contribution in [0, 0.1) is 29.3 Å². The number of anilines is 1. The Bertz CT molecular complexity index is 1570. The molecule has 1 N–H and O–H groups in total. The van der Waals surface area contributed by atoms with Gasteiger partial charge in [0.2, 0.25) is 5.91 Å². The fraction of sp³-hybridized carbons (Fsp3) is 0.300. The number of amides is 1. The van der Waals surface area contributed by atoms with Gasteiger partial charge >= 0.3 is 0 Å². The van der Waals surface area contributed by atoms with E-state index in [2.05, 4.69) is 5.32 Å². The molecule has 0 bridgehead atoms. The summed E-state index contributed by atoms with van der Waals surface area (Å²) in [4.78, 5) is 38.4. The number of Topliss-reactive ketones (excluding diaryl/α,β-unsaturated/α-hetero) is 2. The smallest absolute Gasteiger partial charge is 0.231 e. The summed E-state index contributed by atoms with van der Waals surface area (Å²) < 4.78 is 41.7. The molecule has 41 heavy (non-hydrogen) atoms. The Hall–Kier alpha value is -2.58. The molecule has 5 rings (SSSR count). The van der Waals surface area contributed by atoms with Crippen LogP contribution in [0.25, 0.3) is 0 Å². The fourth-order valence-electron chi connectivity index (χ4n) is 4.94. The van der Waals surface area contributed by atoms with Crippen LogP contribution in [-0.2, 0) is 22.4 Å². The molecule has 0 aromatic heterocycles. The Morgan fingerprint density at radius 2 is 1.59 bits per heavy atom. The first-order valence-corrected chi connectivity index (χ1v) is 14.3. The van der Waals surface area contributed by atoms with Gasteiger partial charge in [0, 0.05) is 42.0 Å². The molecule has 0 spiro atoms. The summed E-state index contributed by atoms with van der Waals surface area (Å²) in [5.74, 6) is -5.05. The summed E-state index contributed by atoms with van der Waals surface area (Å²) in [6.45, 7) is 0. The van der Waals surface area contributed by atoms with Gasteiger partial charge in [-0.25, -0.2) is 13.2 Å². The predicted octanol–water partition coefficient (Wildman–Crippen LogP) is 8.27. The number of carbonyl (C=O) groups excluding carboxylic acids is 3. The number of rotatable bonds is 10. The van der Waals surface area contributed by atoms with E-state index < -0.39 is 51.7 Å². The lowest BCUT2D eigenvalue weighted by Crippen LogP contribution is -2.17. The Kier molecular flexibility index (Phi) is 8.46. The molecule has 0 aliphatic heterocycles. The van der Waals surface area contributed by atoms with E-state index in [1.54, 1.807) is 0 Å². The third-order valence-corrected chi connectivity index (χ3v) is 8.94. The van der Waals surface area contributed by atoms with Gasteiger partial charge in [0.1, 0.15) is 27.6 Å². The first kappa shape index (κ1) is 29.9. The molecular weight excluding hydrogens is 621 g/mol. The van der Waals surface area contributed by atoms with Crippen LogP contribution in [0.1, 0.15) is 52.2 Å². The summed E-state index contributed by atoms with van der Waals surface area (Å²) in [5.41, 5.74) is 0.258. The molecule has 2 aliphatic carbocycles. The normalized spacial score (nSPS) is 19.1. The van der Waals surface area contributed by atoms with Gasteiger partial charge in [0.25, 0.3) is 0 Å². The number of alkyl halides is 2. The minimum absolute atomic E-state index is 0.000208. The molecule has 2 saturated carbocycles. The quantitative estimate of drug-likeness (QED) is 0.179. The average Bonchev–Trinajstić information content (AvgIpc) is 3.82. The maximum atomic E-state index is 15.2. The monoisotopic (exact) mass is 641 g/mol. The van der Waals surface area contributed by atoms with Crippen molar-refractivity contribution in [2.24, 2.45) is 11.8 Å². The van der Waals surface area contributed by atoms with Crippen LogP contribution in [0.3, 0.4) is 0 Å². The van der Waals surface area contributed by atoms with Gasteiger partial charge in [-0.2, -0.15) is 0 Å². The highest BCUT2D eigenvalue weighted by Crippen LogP contribution is 2.65.